The van der Waals surface area contributed by atoms with Crippen LogP contribution < -0.4 is 0 Å². The van der Waals surface area contributed by atoms with Crippen LogP contribution in [0.4, 0.5) is 0 Å². The number of nitrogens with zero attached hydrogens (tertiary/aromatic N) is 1. The first-order valence-electron chi connectivity index (χ1n) is 2.53. The number of ether oxygens (including phenoxy) is 1. The van der Waals surface area contributed by atoms with Crippen molar-refractivity contribution in [2.45, 2.75) is 6.42 Å². The first kappa shape index (κ1) is 2.75. The van der Waals surface area contributed by atoms with Crippen LogP contribution in [0.15, 0.2) is 4.99 Å². The summed E-state index contributed by atoms with van der Waals surface area (Å²) in [5.41, 5.74) is 0. The van der Waals surface area contributed by atoms with Gasteiger partial charge in [-0.3, -0.25) is 4.99 Å². The number of hydrogen-bond donors (Lipinski definition) is 0. The summed E-state index contributed by atoms with van der Waals surface area (Å²) in [7, 11) is 0. The van der Waals surface area contributed by atoms with Crippen LogP contribution in [0.5, 0.6) is 0 Å². The summed E-state index contributed by atoms with van der Waals surface area (Å²) in [4.78, 5) is 3.65. The van der Waals surface area contributed by atoms with Gasteiger partial charge in [-0.15, -0.1) is 0 Å². The largest absolute Gasteiger partial charge is 0.359 e. The van der Waals surface area contributed by atoms with E-state index in [4.69, 9.17) is 6.11 Å². The number of hydrogen-bond acceptors (Lipinski definition) is 2. The van der Waals surface area contributed by atoms with Crippen molar-refractivity contribution < 1.29 is 6.11 Å². The highest BCUT2D eigenvalue weighted by molar-refractivity contribution is 5.57. The molecular weight excluding hydrogens is 78.0 g/mol. The summed E-state index contributed by atoms with van der Waals surface area (Å²) in [5.74, 6) is 0. The van der Waals surface area contributed by atoms with Gasteiger partial charge in [-0.2, -0.15) is 0 Å². The van der Waals surface area contributed by atoms with Crippen molar-refractivity contribution in [1.29, 1.82) is 0 Å². The maximum absolute atomic E-state index is 6.85. The maximum atomic E-state index is 6.85. The molecule has 0 aromatic carbocycles. The molecule has 0 fully saturated rings. The molecule has 1 heterocycles. The minimum Gasteiger partial charge on any atom is -0.359 e. The SMILES string of the molecule is [2H]C1N=CCCO1. The van der Waals surface area contributed by atoms with E-state index in [2.05, 4.69) is 4.99 Å². The van der Waals surface area contributed by atoms with Crippen molar-refractivity contribution in [2.75, 3.05) is 13.3 Å². The van der Waals surface area contributed by atoms with Gasteiger partial charge >= 0.3 is 0 Å². The summed E-state index contributed by atoms with van der Waals surface area (Å²) >= 11 is 0. The van der Waals surface area contributed by atoms with E-state index in [9.17, 15) is 0 Å². The molecule has 0 bridgehead atoms. The lowest BCUT2D eigenvalue weighted by Crippen LogP contribution is -2.00. The summed E-state index contributed by atoms with van der Waals surface area (Å²) in [6.07, 6.45) is 2.58. The first-order valence-corrected chi connectivity index (χ1v) is 1.95. The normalized spacial score (nSPS) is 36.0. The van der Waals surface area contributed by atoms with Gasteiger partial charge in [0.05, 0.1) is 7.98 Å². The van der Waals surface area contributed by atoms with Crippen LogP contribution in [-0.4, -0.2) is 19.5 Å². The van der Waals surface area contributed by atoms with Crippen LogP contribution in [0.25, 0.3) is 0 Å². The van der Waals surface area contributed by atoms with Crippen molar-refractivity contribution >= 4 is 6.21 Å². The maximum Gasteiger partial charge on any atom is 0.137 e. The van der Waals surface area contributed by atoms with Gasteiger partial charge in [0.2, 0.25) is 0 Å². The molecule has 1 aliphatic heterocycles. The molecule has 1 aliphatic rings. The summed E-state index contributed by atoms with van der Waals surface area (Å²) in [6.45, 7) is 0.00579. The molecule has 0 saturated heterocycles. The van der Waals surface area contributed by atoms with Gasteiger partial charge in [0.1, 0.15) is 6.71 Å². The van der Waals surface area contributed by atoms with Gasteiger partial charge < -0.3 is 4.74 Å². The lowest BCUT2D eigenvalue weighted by molar-refractivity contribution is 0.142. The van der Waals surface area contributed by atoms with E-state index >= 15 is 0 Å². The van der Waals surface area contributed by atoms with Crippen LogP contribution in [0.2, 0.25) is 0 Å². The van der Waals surface area contributed by atoms with Crippen LogP contribution in [0.3, 0.4) is 0 Å². The fraction of sp³-hybridized carbons (Fsp3) is 0.750. The topological polar surface area (TPSA) is 21.6 Å². The highest BCUT2D eigenvalue weighted by atomic mass is 16.5. The monoisotopic (exact) mass is 86.1 g/mol. The molecule has 0 spiro atoms. The Bertz CT molecular complexity index is 83.8. The zero-order valence-corrected chi connectivity index (χ0v) is 3.42. The number of aliphatic imine (C=N–C) groups is 1. The fourth-order valence-corrected chi connectivity index (χ4v) is 0.334. The molecule has 0 saturated carbocycles. The number of rotatable bonds is 0. The predicted molar refractivity (Wildman–Crippen MR) is 23.9 cm³/mol. The van der Waals surface area contributed by atoms with E-state index in [1.807, 2.05) is 0 Å². The smallest absolute Gasteiger partial charge is 0.137 e. The quantitative estimate of drug-likeness (QED) is 0.419. The van der Waals surface area contributed by atoms with Crippen molar-refractivity contribution in [3.63, 3.8) is 0 Å². The van der Waals surface area contributed by atoms with Gasteiger partial charge in [-0.1, -0.05) is 0 Å². The van der Waals surface area contributed by atoms with Crippen LogP contribution in [0, 0.1) is 0 Å². The third-order valence-corrected chi connectivity index (χ3v) is 0.606. The lowest BCUT2D eigenvalue weighted by atomic mass is 10.5. The summed E-state index contributed by atoms with van der Waals surface area (Å²) in [6, 6.07) is 0. The average molecular weight is 86.1 g/mol. The first-order chi connectivity index (χ1) is 3.39. The van der Waals surface area contributed by atoms with E-state index < -0.39 is 6.71 Å². The van der Waals surface area contributed by atoms with Crippen LogP contribution >= 0.6 is 0 Å². The minimum absolute atomic E-state index is 0.645. The van der Waals surface area contributed by atoms with Gasteiger partial charge in [0.15, 0.2) is 0 Å². The Morgan fingerprint density at radius 3 is 3.33 bits per heavy atom. The van der Waals surface area contributed by atoms with Crippen molar-refractivity contribution in [3.05, 3.63) is 0 Å². The molecule has 2 heteroatoms. The Kier molecular flexibility index (Phi) is 0.881. The molecule has 2 nitrogen and oxygen atoms in total. The predicted octanol–water partition coefficient (Wildman–Crippen LogP) is 0.435. The molecule has 1 unspecified atom stereocenters. The molecule has 0 N–H and O–H groups in total. The van der Waals surface area contributed by atoms with E-state index in [1.54, 1.807) is 6.21 Å². The van der Waals surface area contributed by atoms with E-state index in [-0.39, 0.29) is 0 Å². The molecular formula is C4H7NO. The average Bonchev–Trinajstić information content (AvgIpc) is 1.69. The Hall–Kier alpha value is -0.370. The highest BCUT2D eigenvalue weighted by Gasteiger charge is 1.86. The fourth-order valence-electron chi connectivity index (χ4n) is 0.334. The highest BCUT2D eigenvalue weighted by Crippen LogP contribution is 1.85. The molecule has 6 heavy (non-hydrogen) atoms. The Labute approximate surface area is 38.2 Å². The summed E-state index contributed by atoms with van der Waals surface area (Å²) < 4.78 is 11.6. The standard InChI is InChI=1S/C4H7NO/c1-2-5-4-6-3-1/h2H,1,3-4H2/i4D. The zero-order chi connectivity index (χ0) is 5.11. The molecule has 0 aromatic heterocycles. The Morgan fingerprint density at radius 1 is 2.00 bits per heavy atom. The second kappa shape index (κ2) is 1.92. The lowest BCUT2D eigenvalue weighted by Gasteiger charge is -2.00. The van der Waals surface area contributed by atoms with Crippen molar-refractivity contribution in [3.8, 4) is 0 Å². The van der Waals surface area contributed by atoms with Gasteiger partial charge in [-0.05, 0) is 0 Å². The third kappa shape index (κ3) is 0.792. The zero-order valence-electron chi connectivity index (χ0n) is 4.42. The van der Waals surface area contributed by atoms with Gasteiger partial charge in [-0.25, -0.2) is 0 Å². The van der Waals surface area contributed by atoms with Gasteiger partial charge in [0.25, 0.3) is 0 Å². The van der Waals surface area contributed by atoms with Gasteiger partial charge in [0, 0.05) is 12.6 Å². The molecule has 0 amide bonds. The van der Waals surface area contributed by atoms with E-state index in [0.29, 0.717) is 6.61 Å². The third-order valence-electron chi connectivity index (χ3n) is 0.606. The molecule has 1 rings (SSSR count). The minimum atomic E-state index is -0.645. The molecule has 34 valence electrons. The molecule has 0 aliphatic carbocycles. The van der Waals surface area contributed by atoms with Crippen molar-refractivity contribution in [2.24, 2.45) is 4.99 Å². The Morgan fingerprint density at radius 2 is 3.00 bits per heavy atom. The van der Waals surface area contributed by atoms with Crippen LogP contribution in [-0.2, 0) is 4.74 Å². The van der Waals surface area contributed by atoms with E-state index in [1.165, 1.54) is 0 Å². The second-order valence-electron chi connectivity index (χ2n) is 1.10. The second-order valence-corrected chi connectivity index (χ2v) is 1.10. The Balaban J connectivity index is 2.36. The van der Waals surface area contributed by atoms with Crippen molar-refractivity contribution in [1.82, 2.24) is 0 Å². The molecule has 1 atom stereocenters. The van der Waals surface area contributed by atoms with Crippen LogP contribution in [0.1, 0.15) is 7.79 Å². The summed E-state index contributed by atoms with van der Waals surface area (Å²) in [5, 5.41) is 0. The van der Waals surface area contributed by atoms with E-state index in [0.717, 1.165) is 6.42 Å². The molecule has 0 radical (unpaired) electrons. The molecule has 0 aromatic rings.